The molecule has 0 aliphatic rings. The van der Waals surface area contributed by atoms with Gasteiger partial charge in [-0.2, -0.15) is 9.36 Å². The lowest BCUT2D eigenvalue weighted by Gasteiger charge is -2.01. The second-order valence-electron chi connectivity index (χ2n) is 4.70. The van der Waals surface area contributed by atoms with E-state index < -0.39 is 9.84 Å². The van der Waals surface area contributed by atoms with Gasteiger partial charge >= 0.3 is 0 Å². The van der Waals surface area contributed by atoms with Crippen molar-refractivity contribution < 1.29 is 13.2 Å². The zero-order valence-electron chi connectivity index (χ0n) is 12.0. The summed E-state index contributed by atoms with van der Waals surface area (Å²) in [5, 5.41) is 4.69. The summed E-state index contributed by atoms with van der Waals surface area (Å²) in [7, 11) is -3.70. The Morgan fingerprint density at radius 1 is 1.21 bits per heavy atom. The fraction of sp³-hybridized carbons (Fsp3) is 0.0714. The van der Waals surface area contributed by atoms with Gasteiger partial charge in [0, 0.05) is 16.6 Å². The van der Waals surface area contributed by atoms with E-state index in [1.807, 2.05) is 0 Å². The molecule has 2 aromatic heterocycles. The van der Waals surface area contributed by atoms with Gasteiger partial charge in [0.15, 0.2) is 0 Å². The van der Waals surface area contributed by atoms with Gasteiger partial charge in [-0.3, -0.25) is 10.1 Å². The van der Waals surface area contributed by atoms with Crippen LogP contribution in [0.2, 0.25) is 5.02 Å². The van der Waals surface area contributed by atoms with E-state index in [4.69, 9.17) is 11.6 Å². The van der Waals surface area contributed by atoms with Gasteiger partial charge in [-0.25, -0.2) is 8.42 Å². The number of thiophene rings is 1. The number of sulfone groups is 1. The average Bonchev–Trinajstić information content (AvgIpc) is 3.20. The zero-order chi connectivity index (χ0) is 17.2. The molecule has 0 aliphatic heterocycles. The first-order chi connectivity index (χ1) is 11.4. The lowest BCUT2D eigenvalue weighted by molar-refractivity contribution is 0.103. The lowest BCUT2D eigenvalue weighted by Crippen LogP contribution is -2.11. The third-order valence-corrected chi connectivity index (χ3v) is 6.24. The van der Waals surface area contributed by atoms with Crippen LogP contribution in [-0.4, -0.2) is 23.7 Å². The highest BCUT2D eigenvalue weighted by molar-refractivity contribution is 7.90. The Hall–Kier alpha value is -1.81. The molecule has 0 saturated carbocycles. The smallest absolute Gasteiger partial charge is 0.267 e. The number of anilines is 1. The number of carbonyl (C=O) groups excluding carboxylic acids is 1. The average molecular weight is 400 g/mol. The standard InChI is InChI=1S/C14H10ClN3O3S3/c15-10-5-3-9(4-6-10)8-24(20,21)14-17-13(23-18-14)16-12(19)11-2-1-7-22-11/h1-7H,8H2,(H,16,17,18,19). The van der Waals surface area contributed by atoms with E-state index in [1.54, 1.807) is 41.8 Å². The van der Waals surface area contributed by atoms with Crippen LogP contribution < -0.4 is 5.32 Å². The summed E-state index contributed by atoms with van der Waals surface area (Å²) < 4.78 is 28.5. The topological polar surface area (TPSA) is 89.0 Å². The van der Waals surface area contributed by atoms with Crippen molar-refractivity contribution in [2.45, 2.75) is 10.9 Å². The second kappa shape index (κ2) is 6.98. The molecule has 3 rings (SSSR count). The number of hydrogen-bond acceptors (Lipinski definition) is 7. The Labute approximate surface area is 151 Å². The minimum atomic E-state index is -3.70. The minimum Gasteiger partial charge on any atom is -0.296 e. The van der Waals surface area contributed by atoms with Crippen molar-refractivity contribution in [1.82, 2.24) is 9.36 Å². The van der Waals surface area contributed by atoms with Gasteiger partial charge in [-0.05, 0) is 29.1 Å². The SMILES string of the molecule is O=C(Nc1nc(S(=O)(=O)Cc2ccc(Cl)cc2)ns1)c1cccs1. The monoisotopic (exact) mass is 399 g/mol. The predicted octanol–water partition coefficient (Wildman–Crippen LogP) is 3.48. The number of carbonyl (C=O) groups is 1. The molecule has 124 valence electrons. The summed E-state index contributed by atoms with van der Waals surface area (Å²) in [6, 6.07) is 9.92. The molecule has 0 atom stereocenters. The van der Waals surface area contributed by atoms with Crippen LogP contribution in [0.15, 0.2) is 46.9 Å². The van der Waals surface area contributed by atoms with Gasteiger partial charge in [0.25, 0.3) is 11.1 Å². The molecule has 0 aliphatic carbocycles. The predicted molar refractivity (Wildman–Crippen MR) is 94.5 cm³/mol. The number of hydrogen-bond donors (Lipinski definition) is 1. The van der Waals surface area contributed by atoms with E-state index in [1.165, 1.54) is 11.3 Å². The summed E-state index contributed by atoms with van der Waals surface area (Å²) in [6.07, 6.45) is 0. The van der Waals surface area contributed by atoms with E-state index in [9.17, 15) is 13.2 Å². The van der Waals surface area contributed by atoms with Crippen molar-refractivity contribution in [1.29, 1.82) is 0 Å². The van der Waals surface area contributed by atoms with Crippen molar-refractivity contribution in [3.8, 4) is 0 Å². The van der Waals surface area contributed by atoms with Crippen LogP contribution in [0.5, 0.6) is 0 Å². The summed E-state index contributed by atoms with van der Waals surface area (Å²) >= 11 is 7.89. The second-order valence-corrected chi connectivity index (χ2v) is 8.72. The molecular formula is C14H10ClN3O3S3. The number of aromatic nitrogens is 2. The number of amides is 1. The number of rotatable bonds is 5. The first kappa shape index (κ1) is 17.0. The highest BCUT2D eigenvalue weighted by Gasteiger charge is 2.22. The number of nitrogens with one attached hydrogen (secondary N) is 1. The van der Waals surface area contributed by atoms with Crippen molar-refractivity contribution in [3.05, 3.63) is 57.2 Å². The third-order valence-electron chi connectivity index (χ3n) is 2.92. The molecular weight excluding hydrogens is 390 g/mol. The van der Waals surface area contributed by atoms with E-state index >= 15 is 0 Å². The maximum absolute atomic E-state index is 12.4. The first-order valence-corrected chi connectivity index (χ1v) is 10.3. The van der Waals surface area contributed by atoms with Gasteiger partial charge < -0.3 is 0 Å². The van der Waals surface area contributed by atoms with Gasteiger partial charge in [-0.15, -0.1) is 11.3 Å². The van der Waals surface area contributed by atoms with Crippen molar-refractivity contribution in [3.63, 3.8) is 0 Å². The quantitative estimate of drug-likeness (QED) is 0.709. The molecule has 1 N–H and O–H groups in total. The zero-order valence-corrected chi connectivity index (χ0v) is 15.2. The lowest BCUT2D eigenvalue weighted by atomic mass is 10.2. The third kappa shape index (κ3) is 3.99. The minimum absolute atomic E-state index is 0.142. The fourth-order valence-electron chi connectivity index (χ4n) is 1.82. The van der Waals surface area contributed by atoms with Gasteiger partial charge in [-0.1, -0.05) is 29.8 Å². The van der Waals surface area contributed by atoms with Crippen molar-refractivity contribution in [2.24, 2.45) is 0 Å². The van der Waals surface area contributed by atoms with E-state index in [0.29, 0.717) is 15.5 Å². The molecule has 3 aromatic rings. The van der Waals surface area contributed by atoms with Crippen LogP contribution in [0, 0.1) is 0 Å². The summed E-state index contributed by atoms with van der Waals surface area (Å²) in [6.45, 7) is 0. The molecule has 24 heavy (non-hydrogen) atoms. The van der Waals surface area contributed by atoms with Crippen molar-refractivity contribution >= 4 is 55.3 Å². The number of halogens is 1. The molecule has 0 fully saturated rings. The molecule has 0 bridgehead atoms. The summed E-state index contributed by atoms with van der Waals surface area (Å²) in [5.41, 5.74) is 0.582. The molecule has 2 heterocycles. The Balaban J connectivity index is 1.74. The molecule has 1 aromatic carbocycles. The number of nitrogens with zero attached hydrogens (tertiary/aromatic N) is 2. The van der Waals surface area contributed by atoms with E-state index in [0.717, 1.165) is 11.5 Å². The van der Waals surface area contributed by atoms with Crippen LogP contribution >= 0.6 is 34.5 Å². The maximum atomic E-state index is 12.4. The highest BCUT2D eigenvalue weighted by Crippen LogP contribution is 2.21. The Morgan fingerprint density at radius 2 is 1.96 bits per heavy atom. The highest BCUT2D eigenvalue weighted by atomic mass is 35.5. The normalized spacial score (nSPS) is 11.4. The molecule has 10 heteroatoms. The van der Waals surface area contributed by atoms with Gasteiger partial charge in [0.1, 0.15) is 0 Å². The maximum Gasteiger partial charge on any atom is 0.267 e. The molecule has 0 radical (unpaired) electrons. The van der Waals surface area contributed by atoms with Crippen LogP contribution in [0.4, 0.5) is 5.13 Å². The first-order valence-electron chi connectivity index (χ1n) is 6.60. The molecule has 0 saturated heterocycles. The van der Waals surface area contributed by atoms with E-state index in [2.05, 4.69) is 14.7 Å². The molecule has 1 amide bonds. The molecule has 0 spiro atoms. The molecule has 0 unspecified atom stereocenters. The Morgan fingerprint density at radius 3 is 2.62 bits per heavy atom. The Bertz CT molecular complexity index is 951. The van der Waals surface area contributed by atoms with Crippen LogP contribution in [0.1, 0.15) is 15.2 Å². The largest absolute Gasteiger partial charge is 0.296 e. The fourth-order valence-corrected chi connectivity index (χ4v) is 4.65. The van der Waals surface area contributed by atoms with Crippen LogP contribution in [-0.2, 0) is 15.6 Å². The van der Waals surface area contributed by atoms with Crippen LogP contribution in [0.3, 0.4) is 0 Å². The Kier molecular flexibility index (Phi) is 4.95. The van der Waals surface area contributed by atoms with Crippen molar-refractivity contribution in [2.75, 3.05) is 5.32 Å². The molecule has 6 nitrogen and oxygen atoms in total. The van der Waals surface area contributed by atoms with E-state index in [-0.39, 0.29) is 21.9 Å². The summed E-state index contributed by atoms with van der Waals surface area (Å²) in [4.78, 5) is 16.4. The van der Waals surface area contributed by atoms with Gasteiger partial charge in [0.2, 0.25) is 15.0 Å². The van der Waals surface area contributed by atoms with Crippen LogP contribution in [0.25, 0.3) is 0 Å². The number of benzene rings is 1. The summed E-state index contributed by atoms with van der Waals surface area (Å²) in [5.74, 6) is -0.582. The van der Waals surface area contributed by atoms with Gasteiger partial charge in [0.05, 0.1) is 10.6 Å².